The van der Waals surface area contributed by atoms with Gasteiger partial charge >= 0.3 is 0 Å². The van der Waals surface area contributed by atoms with Gasteiger partial charge in [-0.25, -0.2) is 0 Å². The van der Waals surface area contributed by atoms with Crippen LogP contribution in [0.25, 0.3) is 6.08 Å². The second kappa shape index (κ2) is 6.75. The molecule has 2 aliphatic heterocycles. The minimum Gasteiger partial charge on any atom is -0.379 e. The Kier molecular flexibility index (Phi) is 4.73. The third-order valence-corrected chi connectivity index (χ3v) is 4.16. The van der Waals surface area contributed by atoms with Gasteiger partial charge in [-0.15, -0.1) is 0 Å². The van der Waals surface area contributed by atoms with Crippen LogP contribution < -0.4 is 5.32 Å². The van der Waals surface area contributed by atoms with Crippen molar-refractivity contribution < 1.29 is 9.53 Å². The van der Waals surface area contributed by atoms with Crippen molar-refractivity contribution in [2.75, 3.05) is 33.0 Å². The van der Waals surface area contributed by atoms with Crippen molar-refractivity contribution in [3.05, 3.63) is 40.5 Å². The average molecular weight is 338 g/mol. The maximum Gasteiger partial charge on any atom is 0.277 e. The number of benzene rings is 1. The number of rotatable bonds is 3. The number of halogens is 1. The summed E-state index contributed by atoms with van der Waals surface area (Å²) in [6, 6.07) is 7.30. The lowest BCUT2D eigenvalue weighted by atomic mass is 10.2. The summed E-state index contributed by atoms with van der Waals surface area (Å²) in [7, 11) is 0. The molecule has 2 saturated heterocycles. The number of ether oxygens (including phenoxy) is 1. The molecule has 1 N–H and O–H groups in total. The Morgan fingerprint density at radius 2 is 1.95 bits per heavy atom. The van der Waals surface area contributed by atoms with Crippen LogP contribution in [0.15, 0.2) is 30.0 Å². The smallest absolute Gasteiger partial charge is 0.277 e. The zero-order chi connectivity index (χ0) is 15.5. The molecule has 2 aliphatic rings. The second-order valence-corrected chi connectivity index (χ2v) is 5.97. The van der Waals surface area contributed by atoms with Gasteiger partial charge < -0.3 is 10.1 Å². The van der Waals surface area contributed by atoms with Crippen molar-refractivity contribution in [3.63, 3.8) is 0 Å². The van der Waals surface area contributed by atoms with Crippen LogP contribution in [-0.4, -0.2) is 53.8 Å². The van der Waals surface area contributed by atoms with Crippen molar-refractivity contribution in [1.82, 2.24) is 15.1 Å². The van der Waals surface area contributed by atoms with E-state index < -0.39 is 0 Å². The van der Waals surface area contributed by atoms with Gasteiger partial charge in [0.1, 0.15) is 5.70 Å². The Morgan fingerprint density at radius 1 is 1.27 bits per heavy atom. The van der Waals surface area contributed by atoms with Crippen LogP contribution in [0.5, 0.6) is 0 Å². The van der Waals surface area contributed by atoms with Gasteiger partial charge in [0.2, 0.25) is 0 Å². The zero-order valence-corrected chi connectivity index (χ0v) is 13.5. The Morgan fingerprint density at radius 3 is 2.64 bits per heavy atom. The summed E-state index contributed by atoms with van der Waals surface area (Å²) >= 11 is 11.1. The molecule has 0 atom stereocenters. The van der Waals surface area contributed by atoms with Gasteiger partial charge in [-0.3, -0.25) is 14.6 Å². The molecule has 0 aliphatic carbocycles. The number of amides is 1. The predicted octanol–water partition coefficient (Wildman–Crippen LogP) is 1.69. The molecule has 0 radical (unpaired) electrons. The normalized spacial score (nSPS) is 21.5. The Hall–Kier alpha value is -1.47. The van der Waals surface area contributed by atoms with E-state index in [0.717, 1.165) is 18.7 Å². The number of nitrogens with zero attached hydrogens (tertiary/aromatic N) is 2. The maximum atomic E-state index is 12.5. The number of carbonyl (C=O) groups is 1. The summed E-state index contributed by atoms with van der Waals surface area (Å²) in [5.41, 5.74) is 1.39. The van der Waals surface area contributed by atoms with Gasteiger partial charge in [0.15, 0.2) is 5.11 Å². The lowest BCUT2D eigenvalue weighted by molar-refractivity contribution is -0.124. The van der Waals surface area contributed by atoms with E-state index in [1.807, 2.05) is 12.1 Å². The fourth-order valence-corrected chi connectivity index (χ4v) is 2.74. The molecule has 0 spiro atoms. The molecule has 2 fully saturated rings. The minimum atomic E-state index is -0.105. The Balaban J connectivity index is 1.71. The fraction of sp³-hybridized carbons (Fsp3) is 0.333. The summed E-state index contributed by atoms with van der Waals surface area (Å²) in [6.07, 6.45) is 1.78. The first-order valence-corrected chi connectivity index (χ1v) is 7.82. The first kappa shape index (κ1) is 15.4. The van der Waals surface area contributed by atoms with E-state index in [2.05, 4.69) is 10.2 Å². The third-order valence-electron chi connectivity index (χ3n) is 3.59. The molecular weight excluding hydrogens is 322 g/mol. The molecule has 0 unspecified atom stereocenters. The summed E-state index contributed by atoms with van der Waals surface area (Å²) in [5, 5.41) is 4.09. The van der Waals surface area contributed by atoms with E-state index in [4.69, 9.17) is 28.6 Å². The van der Waals surface area contributed by atoms with Crippen molar-refractivity contribution in [1.29, 1.82) is 0 Å². The topological polar surface area (TPSA) is 44.8 Å². The fourth-order valence-electron chi connectivity index (χ4n) is 2.37. The molecule has 1 aromatic carbocycles. The summed E-state index contributed by atoms with van der Waals surface area (Å²) < 4.78 is 5.31. The third kappa shape index (κ3) is 3.47. The minimum absolute atomic E-state index is 0.105. The SMILES string of the molecule is O=C1/C(=C/c2ccc(Cl)cc2)NC(=S)N1CN1CCOCC1. The molecule has 0 aromatic heterocycles. The van der Waals surface area contributed by atoms with Gasteiger partial charge in [0.25, 0.3) is 5.91 Å². The Bertz CT molecular complexity index is 612. The number of hydrogen-bond donors (Lipinski definition) is 1. The van der Waals surface area contributed by atoms with E-state index in [-0.39, 0.29) is 5.91 Å². The van der Waals surface area contributed by atoms with Gasteiger partial charge in [-0.1, -0.05) is 23.7 Å². The van der Waals surface area contributed by atoms with Crippen molar-refractivity contribution in [2.24, 2.45) is 0 Å². The van der Waals surface area contributed by atoms with Crippen LogP contribution >= 0.6 is 23.8 Å². The van der Waals surface area contributed by atoms with E-state index in [0.29, 0.717) is 35.7 Å². The first-order valence-electron chi connectivity index (χ1n) is 7.04. The highest BCUT2D eigenvalue weighted by molar-refractivity contribution is 7.80. The molecule has 2 heterocycles. The number of carbonyl (C=O) groups excluding carboxylic acids is 1. The standard InChI is InChI=1S/C15H16ClN3O2S/c16-12-3-1-11(2-4-12)9-13-14(20)19(15(22)17-13)10-18-5-7-21-8-6-18/h1-4,9H,5-8,10H2,(H,17,22)/b13-9-. The van der Waals surface area contributed by atoms with Gasteiger partial charge in [0, 0.05) is 18.1 Å². The van der Waals surface area contributed by atoms with Crippen molar-refractivity contribution in [3.8, 4) is 0 Å². The summed E-state index contributed by atoms with van der Waals surface area (Å²) in [5.74, 6) is -0.105. The first-order chi connectivity index (χ1) is 10.6. The monoisotopic (exact) mass is 337 g/mol. The largest absolute Gasteiger partial charge is 0.379 e. The van der Waals surface area contributed by atoms with Crippen LogP contribution in [0.3, 0.4) is 0 Å². The van der Waals surface area contributed by atoms with E-state index in [1.165, 1.54) is 0 Å². The van der Waals surface area contributed by atoms with E-state index in [1.54, 1.807) is 23.1 Å². The van der Waals surface area contributed by atoms with Crippen LogP contribution in [0.2, 0.25) is 5.02 Å². The van der Waals surface area contributed by atoms with Crippen LogP contribution in [0.1, 0.15) is 5.56 Å². The van der Waals surface area contributed by atoms with Crippen LogP contribution in [0.4, 0.5) is 0 Å². The molecule has 1 aromatic rings. The average Bonchev–Trinajstić information content (AvgIpc) is 2.78. The lowest BCUT2D eigenvalue weighted by Crippen LogP contribution is -2.46. The van der Waals surface area contributed by atoms with Crippen LogP contribution in [-0.2, 0) is 9.53 Å². The molecule has 3 rings (SSSR count). The predicted molar refractivity (Wildman–Crippen MR) is 89.3 cm³/mol. The summed E-state index contributed by atoms with van der Waals surface area (Å²) in [6.45, 7) is 3.49. The van der Waals surface area contributed by atoms with Gasteiger partial charge in [0.05, 0.1) is 19.9 Å². The highest BCUT2D eigenvalue weighted by atomic mass is 35.5. The van der Waals surface area contributed by atoms with Gasteiger partial charge in [-0.05, 0) is 36.0 Å². The Labute approximate surface area is 139 Å². The molecule has 7 heteroatoms. The number of hydrogen-bond acceptors (Lipinski definition) is 4. The van der Waals surface area contributed by atoms with Crippen LogP contribution in [0, 0.1) is 0 Å². The maximum absolute atomic E-state index is 12.5. The highest BCUT2D eigenvalue weighted by Gasteiger charge is 2.32. The van der Waals surface area contributed by atoms with Crippen molar-refractivity contribution >= 4 is 40.9 Å². The zero-order valence-electron chi connectivity index (χ0n) is 11.9. The molecule has 0 saturated carbocycles. The van der Waals surface area contributed by atoms with Crippen molar-refractivity contribution in [2.45, 2.75) is 0 Å². The second-order valence-electron chi connectivity index (χ2n) is 5.14. The molecule has 116 valence electrons. The van der Waals surface area contributed by atoms with Gasteiger partial charge in [-0.2, -0.15) is 0 Å². The quantitative estimate of drug-likeness (QED) is 0.671. The number of morpholine rings is 1. The van der Waals surface area contributed by atoms with E-state index >= 15 is 0 Å². The highest BCUT2D eigenvalue weighted by Crippen LogP contribution is 2.17. The number of nitrogens with one attached hydrogen (secondary N) is 1. The molecule has 5 nitrogen and oxygen atoms in total. The van der Waals surface area contributed by atoms with E-state index in [9.17, 15) is 4.79 Å². The number of thiocarbonyl (C=S) groups is 1. The molecule has 0 bridgehead atoms. The summed E-state index contributed by atoms with van der Waals surface area (Å²) in [4.78, 5) is 16.2. The molecule has 1 amide bonds. The lowest BCUT2D eigenvalue weighted by Gasteiger charge is -2.29. The molecular formula is C15H16ClN3O2S. The molecule has 22 heavy (non-hydrogen) atoms.